The molecule has 2 heterocycles. The summed E-state index contributed by atoms with van der Waals surface area (Å²) in [7, 11) is 0. The normalized spacial score (nSPS) is 19.4. The lowest BCUT2D eigenvalue weighted by atomic mass is 10.1. The Morgan fingerprint density at radius 3 is 2.54 bits per heavy atom. The quantitative estimate of drug-likeness (QED) is 0.833. The lowest BCUT2D eigenvalue weighted by molar-refractivity contribution is -0.135. The Labute approximate surface area is 147 Å². The van der Waals surface area contributed by atoms with Crippen LogP contribution in [0.5, 0.6) is 0 Å². The van der Waals surface area contributed by atoms with E-state index in [0.717, 1.165) is 49.7 Å². The third-order valence-electron chi connectivity index (χ3n) is 5.64. The number of fused-ring (bicyclic) bond motifs is 1. The highest BCUT2D eigenvalue weighted by Gasteiger charge is 2.30. The highest BCUT2D eigenvalue weighted by molar-refractivity contribution is 7.22. The van der Waals surface area contributed by atoms with Gasteiger partial charge in [0.05, 0.1) is 10.2 Å². The van der Waals surface area contributed by atoms with Crippen LogP contribution in [0, 0.1) is 19.8 Å². The Balaban J connectivity index is 1.46. The number of nitrogens with zero attached hydrogens (tertiary/aromatic N) is 3. The molecule has 4 rings (SSSR count). The van der Waals surface area contributed by atoms with Gasteiger partial charge in [-0.15, -0.1) is 0 Å². The van der Waals surface area contributed by atoms with E-state index in [-0.39, 0.29) is 0 Å². The van der Waals surface area contributed by atoms with Gasteiger partial charge in [0, 0.05) is 32.1 Å². The first-order valence-electron chi connectivity index (χ1n) is 9.04. The van der Waals surface area contributed by atoms with Gasteiger partial charge in [0.15, 0.2) is 5.13 Å². The number of thiazole rings is 1. The molecule has 1 saturated heterocycles. The first-order valence-corrected chi connectivity index (χ1v) is 9.85. The van der Waals surface area contributed by atoms with Crippen LogP contribution in [-0.4, -0.2) is 42.0 Å². The van der Waals surface area contributed by atoms with E-state index in [2.05, 4.69) is 35.8 Å². The number of piperazine rings is 1. The number of hydrogen-bond donors (Lipinski definition) is 0. The van der Waals surface area contributed by atoms with E-state index in [9.17, 15) is 4.79 Å². The predicted octanol–water partition coefficient (Wildman–Crippen LogP) is 3.75. The average molecular weight is 343 g/mol. The summed E-state index contributed by atoms with van der Waals surface area (Å²) in [4.78, 5) is 21.9. The summed E-state index contributed by atoms with van der Waals surface area (Å²) in [5, 5.41) is 1.10. The van der Waals surface area contributed by atoms with Gasteiger partial charge in [-0.05, 0) is 43.9 Å². The van der Waals surface area contributed by atoms with Crippen LogP contribution >= 0.6 is 11.3 Å². The number of benzene rings is 1. The number of carbonyl (C=O) groups is 1. The number of amides is 1. The molecule has 0 radical (unpaired) electrons. The maximum atomic E-state index is 12.6. The zero-order valence-electron chi connectivity index (χ0n) is 14.5. The van der Waals surface area contributed by atoms with Crippen LogP contribution in [0.2, 0.25) is 0 Å². The fourth-order valence-electron chi connectivity index (χ4n) is 3.90. The molecule has 0 bridgehead atoms. The van der Waals surface area contributed by atoms with Crippen molar-refractivity contribution in [1.82, 2.24) is 9.88 Å². The van der Waals surface area contributed by atoms with Crippen molar-refractivity contribution in [3.05, 3.63) is 23.3 Å². The zero-order valence-corrected chi connectivity index (χ0v) is 15.4. The Bertz CT molecular complexity index is 755. The molecule has 24 heavy (non-hydrogen) atoms. The fraction of sp³-hybridized carbons (Fsp3) is 0.579. The summed E-state index contributed by atoms with van der Waals surface area (Å²) in [6.07, 6.45) is 4.63. The number of rotatable bonds is 2. The molecule has 5 heteroatoms. The largest absolute Gasteiger partial charge is 0.345 e. The monoisotopic (exact) mass is 343 g/mol. The molecule has 1 aromatic carbocycles. The van der Waals surface area contributed by atoms with Crippen molar-refractivity contribution in [1.29, 1.82) is 0 Å². The number of carbonyl (C=O) groups excluding carboxylic acids is 1. The molecular formula is C19H25N3OS. The van der Waals surface area contributed by atoms with E-state index >= 15 is 0 Å². The second-order valence-corrected chi connectivity index (χ2v) is 8.15. The number of aromatic nitrogens is 1. The molecule has 1 aliphatic carbocycles. The van der Waals surface area contributed by atoms with E-state index < -0.39 is 0 Å². The molecule has 1 aliphatic heterocycles. The molecule has 0 unspecified atom stereocenters. The van der Waals surface area contributed by atoms with Crippen molar-refractivity contribution >= 4 is 32.6 Å². The lowest BCUT2D eigenvalue weighted by Crippen LogP contribution is -2.50. The van der Waals surface area contributed by atoms with Gasteiger partial charge >= 0.3 is 0 Å². The molecule has 0 spiro atoms. The molecule has 2 fully saturated rings. The summed E-state index contributed by atoms with van der Waals surface area (Å²) in [5.74, 6) is 0.688. The smallest absolute Gasteiger partial charge is 0.225 e. The Morgan fingerprint density at radius 1 is 1.12 bits per heavy atom. The van der Waals surface area contributed by atoms with Crippen molar-refractivity contribution in [2.45, 2.75) is 39.5 Å². The maximum absolute atomic E-state index is 12.6. The van der Waals surface area contributed by atoms with Crippen LogP contribution in [0.3, 0.4) is 0 Å². The first kappa shape index (κ1) is 15.9. The Morgan fingerprint density at radius 2 is 1.83 bits per heavy atom. The van der Waals surface area contributed by atoms with Crippen LogP contribution < -0.4 is 4.90 Å². The van der Waals surface area contributed by atoms with Gasteiger partial charge < -0.3 is 9.80 Å². The summed E-state index contributed by atoms with van der Waals surface area (Å²) in [6.45, 7) is 7.76. The number of anilines is 1. The minimum atomic E-state index is 0.296. The van der Waals surface area contributed by atoms with Gasteiger partial charge in [-0.3, -0.25) is 4.79 Å². The van der Waals surface area contributed by atoms with Crippen molar-refractivity contribution in [2.75, 3.05) is 31.1 Å². The van der Waals surface area contributed by atoms with Crippen molar-refractivity contribution in [3.63, 3.8) is 0 Å². The second-order valence-electron chi connectivity index (χ2n) is 7.14. The summed E-state index contributed by atoms with van der Waals surface area (Å²) in [6, 6.07) is 4.36. The van der Waals surface area contributed by atoms with E-state index in [0.29, 0.717) is 11.8 Å². The third kappa shape index (κ3) is 2.79. The van der Waals surface area contributed by atoms with Crippen LogP contribution in [-0.2, 0) is 4.79 Å². The summed E-state index contributed by atoms with van der Waals surface area (Å²) < 4.78 is 1.26. The van der Waals surface area contributed by atoms with Crippen LogP contribution in [0.25, 0.3) is 10.2 Å². The minimum Gasteiger partial charge on any atom is -0.345 e. The maximum Gasteiger partial charge on any atom is 0.225 e. The number of hydrogen-bond acceptors (Lipinski definition) is 4. The molecular weight excluding hydrogens is 318 g/mol. The standard InChI is InChI=1S/C19H25N3OS/c1-13-7-8-16-17(14(13)2)20-19(24-16)22-11-9-21(10-12-22)18(23)15-5-3-4-6-15/h7-8,15H,3-6,9-12H2,1-2H3. The SMILES string of the molecule is Cc1ccc2sc(N3CCN(C(=O)C4CCCC4)CC3)nc2c1C. The van der Waals surface area contributed by atoms with Gasteiger partial charge in [-0.2, -0.15) is 0 Å². The van der Waals surface area contributed by atoms with E-state index in [1.165, 1.54) is 28.7 Å². The molecule has 2 aliphatic rings. The van der Waals surface area contributed by atoms with E-state index in [1.54, 1.807) is 11.3 Å². The minimum absolute atomic E-state index is 0.296. The topological polar surface area (TPSA) is 36.4 Å². The molecule has 4 nitrogen and oxygen atoms in total. The molecule has 0 atom stereocenters. The van der Waals surface area contributed by atoms with Gasteiger partial charge in [0.25, 0.3) is 0 Å². The summed E-state index contributed by atoms with van der Waals surface area (Å²) >= 11 is 1.77. The van der Waals surface area contributed by atoms with Gasteiger partial charge in [-0.25, -0.2) is 4.98 Å². The van der Waals surface area contributed by atoms with Crippen LogP contribution in [0.15, 0.2) is 12.1 Å². The average Bonchev–Trinajstić information content (AvgIpc) is 3.27. The number of aryl methyl sites for hydroxylation is 2. The molecule has 1 amide bonds. The van der Waals surface area contributed by atoms with Crippen LogP contribution in [0.4, 0.5) is 5.13 Å². The molecule has 128 valence electrons. The van der Waals surface area contributed by atoms with E-state index in [4.69, 9.17) is 4.98 Å². The van der Waals surface area contributed by atoms with Gasteiger partial charge in [0.2, 0.25) is 5.91 Å². The zero-order chi connectivity index (χ0) is 16.7. The van der Waals surface area contributed by atoms with Crippen molar-refractivity contribution in [2.24, 2.45) is 5.92 Å². The third-order valence-corrected chi connectivity index (χ3v) is 6.72. The molecule has 0 N–H and O–H groups in total. The van der Waals surface area contributed by atoms with Gasteiger partial charge in [-0.1, -0.05) is 30.2 Å². The lowest BCUT2D eigenvalue weighted by Gasteiger charge is -2.35. The highest BCUT2D eigenvalue weighted by atomic mass is 32.1. The van der Waals surface area contributed by atoms with Crippen molar-refractivity contribution in [3.8, 4) is 0 Å². The van der Waals surface area contributed by atoms with Gasteiger partial charge in [0.1, 0.15) is 0 Å². The highest BCUT2D eigenvalue weighted by Crippen LogP contribution is 2.33. The van der Waals surface area contributed by atoms with E-state index in [1.807, 2.05) is 0 Å². The van der Waals surface area contributed by atoms with Crippen LogP contribution in [0.1, 0.15) is 36.8 Å². The Kier molecular flexibility index (Phi) is 4.21. The molecule has 1 aromatic heterocycles. The Hall–Kier alpha value is -1.62. The predicted molar refractivity (Wildman–Crippen MR) is 99.8 cm³/mol. The molecule has 2 aromatic rings. The van der Waals surface area contributed by atoms with Crippen molar-refractivity contribution < 1.29 is 4.79 Å². The summed E-state index contributed by atoms with van der Waals surface area (Å²) in [5.41, 5.74) is 3.72. The second kappa shape index (κ2) is 6.36. The molecule has 1 saturated carbocycles. The first-order chi connectivity index (χ1) is 11.6. The fourth-order valence-corrected chi connectivity index (χ4v) is 4.98.